The molecule has 2 N–H and O–H groups in total. The lowest BCUT2D eigenvalue weighted by molar-refractivity contribution is -0.161. The zero-order chi connectivity index (χ0) is 18.2. The van der Waals surface area contributed by atoms with E-state index in [-0.39, 0.29) is 29.3 Å². The SMILES string of the molecule is CC(=O)[C@@]1(O)C[C@H](O)[C@H]2[C@@H]3CCC4=CC(=O)CC[C@]4(C)[C@H]3CC[C@@]21C. The van der Waals surface area contributed by atoms with Crippen molar-refractivity contribution in [3.63, 3.8) is 0 Å². The van der Waals surface area contributed by atoms with Crippen LogP contribution in [0.15, 0.2) is 11.6 Å². The van der Waals surface area contributed by atoms with Gasteiger partial charge in [-0.3, -0.25) is 9.59 Å². The smallest absolute Gasteiger partial charge is 0.161 e. The van der Waals surface area contributed by atoms with E-state index in [0.717, 1.165) is 32.1 Å². The van der Waals surface area contributed by atoms with Crippen molar-refractivity contribution in [1.29, 1.82) is 0 Å². The third-order valence-corrected chi connectivity index (χ3v) is 8.66. The molecule has 7 atom stereocenters. The van der Waals surface area contributed by atoms with Crippen LogP contribution in [0.25, 0.3) is 0 Å². The van der Waals surface area contributed by atoms with E-state index in [4.69, 9.17) is 0 Å². The molecule has 4 aliphatic carbocycles. The Labute approximate surface area is 149 Å². The molecule has 0 amide bonds. The number of carbonyl (C=O) groups is 2. The van der Waals surface area contributed by atoms with Crippen LogP contribution in [-0.4, -0.2) is 33.5 Å². The summed E-state index contributed by atoms with van der Waals surface area (Å²) in [6, 6.07) is 0. The van der Waals surface area contributed by atoms with E-state index in [1.54, 1.807) is 0 Å². The Morgan fingerprint density at radius 2 is 1.92 bits per heavy atom. The number of Topliss-reactive ketones (excluding diaryl/α,β-unsaturated/α-hetero) is 1. The van der Waals surface area contributed by atoms with E-state index in [1.165, 1.54) is 12.5 Å². The molecular weight excluding hydrogens is 316 g/mol. The van der Waals surface area contributed by atoms with E-state index in [1.807, 2.05) is 13.0 Å². The number of hydrogen-bond donors (Lipinski definition) is 2. The van der Waals surface area contributed by atoms with Crippen molar-refractivity contribution in [2.75, 3.05) is 0 Å². The molecule has 3 saturated carbocycles. The summed E-state index contributed by atoms with van der Waals surface area (Å²) < 4.78 is 0. The minimum absolute atomic E-state index is 0.0313. The summed E-state index contributed by atoms with van der Waals surface area (Å²) in [6.07, 6.45) is 6.53. The number of carbonyl (C=O) groups excluding carboxylic acids is 2. The lowest BCUT2D eigenvalue weighted by Crippen LogP contribution is -2.57. The molecule has 4 heteroatoms. The van der Waals surface area contributed by atoms with Crippen molar-refractivity contribution in [1.82, 2.24) is 0 Å². The molecular formula is C21H30O4. The number of hydrogen-bond acceptors (Lipinski definition) is 4. The highest BCUT2D eigenvalue weighted by molar-refractivity contribution is 5.91. The van der Waals surface area contributed by atoms with E-state index >= 15 is 0 Å². The third kappa shape index (κ3) is 2.07. The molecule has 0 bridgehead atoms. The summed E-state index contributed by atoms with van der Waals surface area (Å²) in [6.45, 7) is 5.77. The quantitative estimate of drug-likeness (QED) is 0.766. The van der Waals surface area contributed by atoms with Gasteiger partial charge >= 0.3 is 0 Å². The molecule has 4 rings (SSSR count). The second-order valence-corrected chi connectivity index (χ2v) is 9.53. The van der Waals surface area contributed by atoms with Gasteiger partial charge in [0.15, 0.2) is 11.6 Å². The molecule has 25 heavy (non-hydrogen) atoms. The molecule has 0 aromatic carbocycles. The molecule has 0 aliphatic heterocycles. The van der Waals surface area contributed by atoms with E-state index in [2.05, 4.69) is 6.92 Å². The molecule has 3 fully saturated rings. The van der Waals surface area contributed by atoms with Crippen LogP contribution in [0.5, 0.6) is 0 Å². The Hall–Kier alpha value is -1.00. The molecule has 0 aromatic rings. The number of allylic oxidation sites excluding steroid dienone is 1. The highest BCUT2D eigenvalue weighted by Crippen LogP contribution is 2.67. The lowest BCUT2D eigenvalue weighted by Gasteiger charge is -2.59. The van der Waals surface area contributed by atoms with Crippen LogP contribution in [-0.2, 0) is 9.59 Å². The average Bonchev–Trinajstić information content (AvgIpc) is 2.75. The number of rotatable bonds is 1. The van der Waals surface area contributed by atoms with Crippen molar-refractivity contribution >= 4 is 11.6 Å². The molecule has 0 saturated heterocycles. The maximum Gasteiger partial charge on any atom is 0.161 e. The Morgan fingerprint density at radius 1 is 1.20 bits per heavy atom. The summed E-state index contributed by atoms with van der Waals surface area (Å²) in [5, 5.41) is 22.0. The van der Waals surface area contributed by atoms with Gasteiger partial charge in [0.25, 0.3) is 0 Å². The predicted octanol–water partition coefficient (Wildman–Crippen LogP) is 2.81. The van der Waals surface area contributed by atoms with Crippen LogP contribution in [0.1, 0.15) is 65.7 Å². The summed E-state index contributed by atoms with van der Waals surface area (Å²) in [7, 11) is 0. The Morgan fingerprint density at radius 3 is 2.60 bits per heavy atom. The second-order valence-electron chi connectivity index (χ2n) is 9.53. The average molecular weight is 346 g/mol. The maximum atomic E-state index is 12.3. The second kappa shape index (κ2) is 5.26. The van der Waals surface area contributed by atoms with Gasteiger partial charge in [-0.25, -0.2) is 0 Å². The van der Waals surface area contributed by atoms with E-state index in [0.29, 0.717) is 18.3 Å². The van der Waals surface area contributed by atoms with Gasteiger partial charge in [-0.05, 0) is 68.3 Å². The number of ketones is 2. The van der Waals surface area contributed by atoms with Crippen molar-refractivity contribution in [3.8, 4) is 0 Å². The van der Waals surface area contributed by atoms with Gasteiger partial charge < -0.3 is 10.2 Å². The highest BCUT2D eigenvalue weighted by Gasteiger charge is 2.68. The van der Waals surface area contributed by atoms with Gasteiger partial charge in [-0.2, -0.15) is 0 Å². The number of aliphatic hydroxyl groups is 2. The molecule has 0 radical (unpaired) electrons. The molecule has 4 aliphatic rings. The monoisotopic (exact) mass is 346 g/mol. The fraction of sp³-hybridized carbons (Fsp3) is 0.810. The summed E-state index contributed by atoms with van der Waals surface area (Å²) in [4.78, 5) is 24.1. The van der Waals surface area contributed by atoms with Crippen LogP contribution < -0.4 is 0 Å². The van der Waals surface area contributed by atoms with Crippen LogP contribution in [0.2, 0.25) is 0 Å². The van der Waals surface area contributed by atoms with Gasteiger partial charge in [0, 0.05) is 18.3 Å². The Balaban J connectivity index is 1.74. The highest BCUT2D eigenvalue weighted by atomic mass is 16.3. The normalized spacial score (nSPS) is 52.0. The van der Waals surface area contributed by atoms with E-state index in [9.17, 15) is 19.8 Å². The fourth-order valence-corrected chi connectivity index (χ4v) is 7.21. The van der Waals surface area contributed by atoms with Gasteiger partial charge in [-0.1, -0.05) is 19.4 Å². The van der Waals surface area contributed by atoms with Crippen LogP contribution in [0.4, 0.5) is 0 Å². The first-order valence-corrected chi connectivity index (χ1v) is 9.79. The molecule has 138 valence electrons. The number of aliphatic hydroxyl groups excluding tert-OH is 1. The lowest BCUT2D eigenvalue weighted by atomic mass is 9.46. The first-order chi connectivity index (χ1) is 11.6. The minimum atomic E-state index is -1.40. The molecule has 0 unspecified atom stereocenters. The Bertz CT molecular complexity index is 667. The third-order valence-electron chi connectivity index (χ3n) is 8.66. The van der Waals surface area contributed by atoms with Gasteiger partial charge in [-0.15, -0.1) is 0 Å². The van der Waals surface area contributed by atoms with Gasteiger partial charge in [0.2, 0.25) is 0 Å². The van der Waals surface area contributed by atoms with Gasteiger partial charge in [0.05, 0.1) is 6.10 Å². The first-order valence-electron chi connectivity index (χ1n) is 9.79. The van der Waals surface area contributed by atoms with Crippen LogP contribution >= 0.6 is 0 Å². The Kier molecular flexibility index (Phi) is 3.66. The van der Waals surface area contributed by atoms with Crippen molar-refractivity contribution < 1.29 is 19.8 Å². The molecule has 0 spiro atoms. The number of fused-ring (bicyclic) bond motifs is 5. The zero-order valence-electron chi connectivity index (χ0n) is 15.5. The summed E-state index contributed by atoms with van der Waals surface area (Å²) >= 11 is 0. The predicted molar refractivity (Wildman–Crippen MR) is 93.7 cm³/mol. The van der Waals surface area contributed by atoms with Crippen LogP contribution in [0.3, 0.4) is 0 Å². The van der Waals surface area contributed by atoms with Crippen molar-refractivity contribution in [2.24, 2.45) is 28.6 Å². The zero-order valence-corrected chi connectivity index (χ0v) is 15.5. The molecule has 0 heterocycles. The van der Waals surface area contributed by atoms with Crippen molar-refractivity contribution in [3.05, 3.63) is 11.6 Å². The van der Waals surface area contributed by atoms with Gasteiger partial charge in [0.1, 0.15) is 5.60 Å². The standard InChI is InChI=1S/C21H30O4/c1-12(22)21(25)11-17(24)18-15-5-4-13-10-14(23)6-8-19(13,2)16(15)7-9-20(18,21)3/h10,15-18,24-25H,4-9,11H2,1-3H3/t15-,16+,17+,18-,19+,20+,21+/m1/s1. The topological polar surface area (TPSA) is 74.6 Å². The minimum Gasteiger partial charge on any atom is -0.393 e. The molecule has 0 aromatic heterocycles. The van der Waals surface area contributed by atoms with E-state index < -0.39 is 17.1 Å². The molecule has 4 nitrogen and oxygen atoms in total. The fourth-order valence-electron chi connectivity index (χ4n) is 7.21. The van der Waals surface area contributed by atoms with Crippen LogP contribution in [0, 0.1) is 28.6 Å². The van der Waals surface area contributed by atoms with Crippen molar-refractivity contribution in [2.45, 2.75) is 77.4 Å². The summed E-state index contributed by atoms with van der Waals surface area (Å²) in [5.41, 5.74) is -0.610. The first kappa shape index (κ1) is 17.4. The maximum absolute atomic E-state index is 12.3. The largest absolute Gasteiger partial charge is 0.393 e. The summed E-state index contributed by atoms with van der Waals surface area (Å²) in [5.74, 6) is 0.760.